The second kappa shape index (κ2) is 7.24. The van der Waals surface area contributed by atoms with Gasteiger partial charge in [-0.05, 0) is 46.6 Å². The fraction of sp³-hybridized carbons (Fsp3) is 0.467. The number of allylic oxidation sites excluding steroid dienone is 5. The molecule has 0 aliphatic rings. The lowest BCUT2D eigenvalue weighted by Gasteiger charge is -2.11. The molecule has 0 radical (unpaired) electrons. The van der Waals surface area contributed by atoms with Crippen LogP contribution in [0, 0.1) is 0 Å². The molecule has 0 spiro atoms. The minimum absolute atomic E-state index is 0.906. The smallest absolute Gasteiger partial charge is 0.0980 e. The third kappa shape index (κ3) is 8.25. The van der Waals surface area contributed by atoms with E-state index < -0.39 is 5.60 Å². The van der Waals surface area contributed by atoms with Gasteiger partial charge in [0.25, 0.3) is 0 Å². The quantitative estimate of drug-likeness (QED) is 0.526. The molecule has 0 rings (SSSR count). The van der Waals surface area contributed by atoms with Crippen LogP contribution in [0.25, 0.3) is 0 Å². The first-order valence-electron chi connectivity index (χ1n) is 5.72. The summed E-state index contributed by atoms with van der Waals surface area (Å²) < 4.78 is 0. The third-order valence-corrected chi connectivity index (χ3v) is 2.32. The lowest BCUT2D eigenvalue weighted by Crippen LogP contribution is -2.15. The Morgan fingerprint density at radius 3 is 2.44 bits per heavy atom. The number of aliphatic hydroxyl groups is 1. The molecule has 0 aromatic rings. The Morgan fingerprint density at radius 1 is 1.31 bits per heavy atom. The summed E-state index contributed by atoms with van der Waals surface area (Å²) >= 11 is 0. The topological polar surface area (TPSA) is 20.2 Å². The van der Waals surface area contributed by atoms with Gasteiger partial charge >= 0.3 is 0 Å². The summed E-state index contributed by atoms with van der Waals surface area (Å²) in [6, 6.07) is 0. The van der Waals surface area contributed by atoms with Crippen molar-refractivity contribution in [2.45, 2.75) is 46.1 Å². The summed E-state index contributed by atoms with van der Waals surface area (Å²) in [7, 11) is 0. The van der Waals surface area contributed by atoms with Gasteiger partial charge < -0.3 is 5.11 Å². The molecule has 16 heavy (non-hydrogen) atoms. The summed E-state index contributed by atoms with van der Waals surface area (Å²) in [5, 5.41) is 9.64. The maximum Gasteiger partial charge on any atom is 0.0980 e. The molecule has 0 heterocycles. The largest absolute Gasteiger partial charge is 0.382 e. The van der Waals surface area contributed by atoms with Gasteiger partial charge in [0.05, 0.1) is 5.60 Å². The molecule has 1 N–H and O–H groups in total. The molecular weight excluding hydrogens is 196 g/mol. The number of hydrogen-bond acceptors (Lipinski definition) is 1. The molecule has 0 aromatic carbocycles. The van der Waals surface area contributed by atoms with Crippen molar-refractivity contribution in [1.82, 2.24) is 0 Å². The zero-order chi connectivity index (χ0) is 12.6. The minimum Gasteiger partial charge on any atom is -0.382 e. The van der Waals surface area contributed by atoms with E-state index in [-0.39, 0.29) is 0 Å². The Labute approximate surface area is 99.9 Å². The van der Waals surface area contributed by atoms with Gasteiger partial charge in [0.1, 0.15) is 0 Å². The molecule has 0 fully saturated rings. The van der Waals surface area contributed by atoms with Gasteiger partial charge in [-0.25, -0.2) is 0 Å². The molecule has 0 saturated heterocycles. The maximum absolute atomic E-state index is 9.64. The zero-order valence-electron chi connectivity index (χ0n) is 11.0. The Kier molecular flexibility index (Phi) is 6.75. The van der Waals surface area contributed by atoms with Crippen LogP contribution >= 0.6 is 0 Å². The van der Waals surface area contributed by atoms with Gasteiger partial charge in [-0.1, -0.05) is 42.0 Å². The van der Waals surface area contributed by atoms with Gasteiger partial charge in [0.15, 0.2) is 0 Å². The van der Waals surface area contributed by atoms with Gasteiger partial charge in [0.2, 0.25) is 0 Å². The SMILES string of the molecule is C=C[C@](C)(O)/C=C/C=C(\C)CCC=C(C)C. The highest BCUT2D eigenvalue weighted by atomic mass is 16.3. The van der Waals surface area contributed by atoms with Crippen LogP contribution in [0.2, 0.25) is 0 Å². The number of rotatable bonds is 6. The van der Waals surface area contributed by atoms with Crippen molar-refractivity contribution in [2.24, 2.45) is 0 Å². The van der Waals surface area contributed by atoms with Crippen molar-refractivity contribution in [3.05, 3.63) is 48.1 Å². The predicted octanol–water partition coefficient (Wildman–Crippen LogP) is 4.17. The second-order valence-corrected chi connectivity index (χ2v) is 4.62. The Hall–Kier alpha value is -1.08. The normalized spacial score (nSPS) is 15.9. The first-order chi connectivity index (χ1) is 7.37. The molecule has 0 aromatic heterocycles. The Bertz CT molecular complexity index is 299. The third-order valence-electron chi connectivity index (χ3n) is 2.32. The van der Waals surface area contributed by atoms with Crippen molar-refractivity contribution in [3.8, 4) is 0 Å². The summed E-state index contributed by atoms with van der Waals surface area (Å²) in [5.41, 5.74) is 1.77. The second-order valence-electron chi connectivity index (χ2n) is 4.62. The first kappa shape index (κ1) is 14.9. The van der Waals surface area contributed by atoms with Gasteiger partial charge in [0, 0.05) is 0 Å². The predicted molar refractivity (Wildman–Crippen MR) is 72.4 cm³/mol. The van der Waals surface area contributed by atoms with E-state index in [2.05, 4.69) is 33.4 Å². The van der Waals surface area contributed by atoms with E-state index in [1.54, 1.807) is 13.0 Å². The minimum atomic E-state index is -0.906. The highest BCUT2D eigenvalue weighted by Crippen LogP contribution is 2.09. The van der Waals surface area contributed by atoms with Crippen LogP contribution in [-0.4, -0.2) is 10.7 Å². The summed E-state index contributed by atoms with van der Waals surface area (Å²) in [5.74, 6) is 0. The maximum atomic E-state index is 9.64. The molecule has 0 bridgehead atoms. The molecule has 1 heteroatoms. The van der Waals surface area contributed by atoms with Crippen molar-refractivity contribution < 1.29 is 5.11 Å². The summed E-state index contributed by atoms with van der Waals surface area (Å²) in [6.45, 7) is 11.6. The van der Waals surface area contributed by atoms with E-state index >= 15 is 0 Å². The zero-order valence-corrected chi connectivity index (χ0v) is 11.0. The summed E-state index contributed by atoms with van der Waals surface area (Å²) in [4.78, 5) is 0. The summed E-state index contributed by atoms with van der Waals surface area (Å²) in [6.07, 6.45) is 11.6. The highest BCUT2D eigenvalue weighted by molar-refractivity contribution is 5.17. The highest BCUT2D eigenvalue weighted by Gasteiger charge is 2.07. The molecule has 1 nitrogen and oxygen atoms in total. The van der Waals surface area contributed by atoms with Crippen LogP contribution in [0.5, 0.6) is 0 Å². The Balaban J connectivity index is 4.15. The number of hydrogen-bond donors (Lipinski definition) is 1. The molecule has 0 aliphatic carbocycles. The van der Waals surface area contributed by atoms with Gasteiger partial charge in [-0.2, -0.15) is 0 Å². The van der Waals surface area contributed by atoms with Crippen molar-refractivity contribution in [1.29, 1.82) is 0 Å². The molecule has 90 valence electrons. The van der Waals surface area contributed by atoms with Crippen LogP contribution in [0.3, 0.4) is 0 Å². The van der Waals surface area contributed by atoms with Crippen LogP contribution < -0.4 is 0 Å². The van der Waals surface area contributed by atoms with Crippen LogP contribution in [0.1, 0.15) is 40.5 Å². The van der Waals surface area contributed by atoms with Crippen LogP contribution in [0.15, 0.2) is 48.1 Å². The van der Waals surface area contributed by atoms with Crippen LogP contribution in [0.4, 0.5) is 0 Å². The molecule has 0 saturated carbocycles. The molecular formula is C15H24O. The van der Waals surface area contributed by atoms with E-state index in [0.717, 1.165) is 12.8 Å². The van der Waals surface area contributed by atoms with E-state index in [4.69, 9.17) is 0 Å². The first-order valence-corrected chi connectivity index (χ1v) is 5.72. The standard InChI is InChI=1S/C15H24O/c1-6-15(5,16)12-8-11-14(4)10-7-9-13(2)3/h6,8-9,11-12,16H,1,7,10H2,2-5H3/b12-8+,14-11+/t15-/m0/s1. The lowest BCUT2D eigenvalue weighted by atomic mass is 10.1. The van der Waals surface area contributed by atoms with Gasteiger partial charge in [-0.15, -0.1) is 0 Å². The fourth-order valence-electron chi connectivity index (χ4n) is 1.15. The Morgan fingerprint density at radius 2 is 1.94 bits per heavy atom. The average molecular weight is 220 g/mol. The lowest BCUT2D eigenvalue weighted by molar-refractivity contribution is 0.164. The molecule has 1 atom stereocenters. The fourth-order valence-corrected chi connectivity index (χ4v) is 1.15. The van der Waals surface area contributed by atoms with Crippen LogP contribution in [-0.2, 0) is 0 Å². The van der Waals surface area contributed by atoms with E-state index in [1.807, 2.05) is 12.2 Å². The monoisotopic (exact) mass is 220 g/mol. The molecule has 0 unspecified atom stereocenters. The van der Waals surface area contributed by atoms with Crippen molar-refractivity contribution in [3.63, 3.8) is 0 Å². The molecule has 0 aliphatic heterocycles. The van der Waals surface area contributed by atoms with E-state index in [1.165, 1.54) is 17.2 Å². The average Bonchev–Trinajstić information content (AvgIpc) is 2.17. The van der Waals surface area contributed by atoms with Crippen molar-refractivity contribution in [2.75, 3.05) is 0 Å². The molecule has 0 amide bonds. The van der Waals surface area contributed by atoms with E-state index in [9.17, 15) is 5.11 Å². The van der Waals surface area contributed by atoms with E-state index in [0.29, 0.717) is 0 Å². The van der Waals surface area contributed by atoms with Gasteiger partial charge in [-0.3, -0.25) is 0 Å². The van der Waals surface area contributed by atoms with Crippen molar-refractivity contribution >= 4 is 0 Å².